The molecule has 2 fully saturated rings. The molecule has 5 heterocycles. The van der Waals surface area contributed by atoms with Gasteiger partial charge in [0, 0.05) is 30.6 Å². The number of thiazole rings is 1. The highest BCUT2D eigenvalue weighted by molar-refractivity contribution is 7.18. The van der Waals surface area contributed by atoms with E-state index in [4.69, 9.17) is 4.98 Å². The number of carbonyl (C=O) groups excluding carboxylic acids is 2. The first-order valence-corrected chi connectivity index (χ1v) is 14.2. The number of carbonyl (C=O) groups is 2. The number of nitrogens with one attached hydrogen (secondary N) is 2. The van der Waals surface area contributed by atoms with Gasteiger partial charge in [-0.15, -0.1) is 11.3 Å². The van der Waals surface area contributed by atoms with E-state index in [1.54, 1.807) is 28.6 Å². The van der Waals surface area contributed by atoms with Crippen LogP contribution >= 0.6 is 11.3 Å². The van der Waals surface area contributed by atoms with Gasteiger partial charge in [-0.1, -0.05) is 19.9 Å². The van der Waals surface area contributed by atoms with Crippen molar-refractivity contribution in [3.05, 3.63) is 47.4 Å². The molecule has 1 aromatic carbocycles. The van der Waals surface area contributed by atoms with Gasteiger partial charge in [-0.2, -0.15) is 5.10 Å². The van der Waals surface area contributed by atoms with Gasteiger partial charge in [0.1, 0.15) is 0 Å². The molecule has 2 amide bonds. The maximum Gasteiger partial charge on any atom is 0.314 e. The van der Waals surface area contributed by atoms with Crippen molar-refractivity contribution in [3.8, 4) is 0 Å². The van der Waals surface area contributed by atoms with Crippen LogP contribution < -0.4 is 5.32 Å². The quantitative estimate of drug-likeness (QED) is 0.375. The van der Waals surface area contributed by atoms with Crippen molar-refractivity contribution >= 4 is 50.0 Å². The van der Waals surface area contributed by atoms with E-state index >= 15 is 0 Å². The Labute approximate surface area is 225 Å². The van der Waals surface area contributed by atoms with E-state index in [1.807, 2.05) is 0 Å². The first-order valence-electron chi connectivity index (χ1n) is 13.4. The van der Waals surface area contributed by atoms with Gasteiger partial charge in [0.25, 0.3) is 0 Å². The summed E-state index contributed by atoms with van der Waals surface area (Å²) in [6.45, 7) is 7.17. The molecule has 0 aliphatic carbocycles. The molecule has 3 aromatic heterocycles. The highest BCUT2D eigenvalue weighted by atomic mass is 32.1. The maximum atomic E-state index is 13.5. The Morgan fingerprint density at radius 1 is 1.11 bits per heavy atom. The molecule has 0 bridgehead atoms. The van der Waals surface area contributed by atoms with Crippen LogP contribution in [0.2, 0.25) is 0 Å². The van der Waals surface area contributed by atoms with Crippen LogP contribution in [-0.4, -0.2) is 68.5 Å². The highest BCUT2D eigenvalue weighted by Crippen LogP contribution is 2.39. The number of nitrogens with zero attached hydrogens (tertiary/aromatic N) is 5. The number of piperidine rings is 2. The first-order chi connectivity index (χ1) is 18.4. The molecule has 2 aliphatic heterocycles. The molecule has 10 heteroatoms. The van der Waals surface area contributed by atoms with Crippen LogP contribution in [0.1, 0.15) is 55.6 Å². The van der Waals surface area contributed by atoms with E-state index in [0.29, 0.717) is 35.5 Å². The molecule has 2 saturated heterocycles. The van der Waals surface area contributed by atoms with E-state index in [9.17, 15) is 9.59 Å². The standard InChI is InChI=1S/C28H33N7O2S/c1-16-4-6-23(35(14-16)28(37)26(36)31-22-13-29-11-19-12-30-33-25(19)22)18-5-7-24-21(10-18)32-27(38-24)20-8-9-34(3)15-17(20)2/h5,7,10-13,16-17,20,23H,4,6,8-9,14-15H2,1-3H3,(H,30,33)(H,31,36)/t16-,17-,20+,23+/m0/s1. The number of hydrogen-bond acceptors (Lipinski definition) is 7. The number of likely N-dealkylation sites (tertiary alicyclic amines) is 2. The van der Waals surface area contributed by atoms with Crippen LogP contribution in [0.25, 0.3) is 21.1 Å². The van der Waals surface area contributed by atoms with Crippen molar-refractivity contribution in [2.45, 2.75) is 45.1 Å². The molecule has 2 aliphatic rings. The van der Waals surface area contributed by atoms with E-state index in [1.165, 1.54) is 15.9 Å². The molecule has 2 N–H and O–H groups in total. The Balaban J connectivity index is 1.25. The summed E-state index contributed by atoms with van der Waals surface area (Å²) < 4.78 is 1.18. The van der Waals surface area contributed by atoms with Crippen molar-refractivity contribution in [1.82, 2.24) is 30.0 Å². The Bertz CT molecular complexity index is 1500. The SMILES string of the molecule is C[C@H]1CC[C@H](c2ccc3sc([C@@H]4CCN(C)C[C@@H]4C)nc3c2)N(C(=O)C(=O)Nc2cncc3cn[nH]c23)C1. The Morgan fingerprint density at radius 2 is 1.97 bits per heavy atom. The fourth-order valence-electron chi connectivity index (χ4n) is 6.04. The van der Waals surface area contributed by atoms with Gasteiger partial charge in [-0.25, -0.2) is 4.98 Å². The molecule has 0 saturated carbocycles. The third kappa shape index (κ3) is 4.67. The molecule has 38 heavy (non-hydrogen) atoms. The number of aromatic nitrogens is 4. The van der Waals surface area contributed by atoms with Crippen molar-refractivity contribution in [2.24, 2.45) is 11.8 Å². The maximum absolute atomic E-state index is 13.5. The van der Waals surface area contributed by atoms with Crippen molar-refractivity contribution in [3.63, 3.8) is 0 Å². The van der Waals surface area contributed by atoms with Crippen LogP contribution in [0.15, 0.2) is 36.8 Å². The lowest BCUT2D eigenvalue weighted by atomic mass is 9.87. The number of H-pyrrole nitrogens is 1. The molecular formula is C28H33N7O2S. The predicted octanol–water partition coefficient (Wildman–Crippen LogP) is 4.56. The normalized spacial score (nSPS) is 24.7. The number of fused-ring (bicyclic) bond motifs is 2. The summed E-state index contributed by atoms with van der Waals surface area (Å²) in [4.78, 5) is 40.0. The van der Waals surface area contributed by atoms with Gasteiger partial charge in [0.15, 0.2) is 0 Å². The monoisotopic (exact) mass is 531 g/mol. The van der Waals surface area contributed by atoms with Gasteiger partial charge >= 0.3 is 11.8 Å². The Hall–Kier alpha value is -3.37. The molecule has 4 atom stereocenters. The Morgan fingerprint density at radius 3 is 2.82 bits per heavy atom. The van der Waals surface area contributed by atoms with Crippen molar-refractivity contribution in [2.75, 3.05) is 32.0 Å². The average Bonchev–Trinajstić information content (AvgIpc) is 3.55. The van der Waals surface area contributed by atoms with Crippen molar-refractivity contribution in [1.29, 1.82) is 0 Å². The number of rotatable bonds is 3. The number of hydrogen-bond donors (Lipinski definition) is 2. The lowest BCUT2D eigenvalue weighted by Gasteiger charge is -2.38. The van der Waals surface area contributed by atoms with E-state index in [2.05, 4.69) is 64.5 Å². The number of amides is 2. The second kappa shape index (κ2) is 10.1. The molecule has 0 spiro atoms. The van der Waals surface area contributed by atoms with E-state index < -0.39 is 11.8 Å². The zero-order chi connectivity index (χ0) is 26.4. The second-order valence-corrected chi connectivity index (χ2v) is 12.1. The summed E-state index contributed by atoms with van der Waals surface area (Å²) in [6, 6.07) is 6.21. The predicted molar refractivity (Wildman–Crippen MR) is 149 cm³/mol. The summed E-state index contributed by atoms with van der Waals surface area (Å²) >= 11 is 1.79. The lowest BCUT2D eigenvalue weighted by Crippen LogP contribution is -2.46. The molecule has 0 unspecified atom stereocenters. The van der Waals surface area contributed by atoms with Gasteiger partial charge in [0.05, 0.1) is 44.9 Å². The number of aromatic amines is 1. The largest absolute Gasteiger partial charge is 0.327 e. The number of anilines is 1. The smallest absolute Gasteiger partial charge is 0.314 e. The summed E-state index contributed by atoms with van der Waals surface area (Å²) in [5.41, 5.74) is 3.12. The minimum absolute atomic E-state index is 0.165. The average molecular weight is 532 g/mol. The summed E-state index contributed by atoms with van der Waals surface area (Å²) in [5, 5.41) is 11.6. The van der Waals surface area contributed by atoms with Gasteiger partial charge in [-0.05, 0) is 62.4 Å². The summed E-state index contributed by atoms with van der Waals surface area (Å²) in [6.07, 6.45) is 7.76. The zero-order valence-corrected chi connectivity index (χ0v) is 22.8. The van der Waals surface area contributed by atoms with Gasteiger partial charge in [0.2, 0.25) is 0 Å². The number of pyridine rings is 1. The molecule has 0 radical (unpaired) electrons. The Kier molecular flexibility index (Phi) is 6.61. The van der Waals surface area contributed by atoms with Gasteiger partial charge in [-0.3, -0.25) is 19.7 Å². The van der Waals surface area contributed by atoms with Crippen LogP contribution in [0, 0.1) is 11.8 Å². The second-order valence-electron chi connectivity index (χ2n) is 11.0. The van der Waals surface area contributed by atoms with Gasteiger partial charge < -0.3 is 15.1 Å². The molecule has 198 valence electrons. The van der Waals surface area contributed by atoms with E-state index in [0.717, 1.165) is 48.8 Å². The minimum atomic E-state index is -0.665. The van der Waals surface area contributed by atoms with Crippen molar-refractivity contribution < 1.29 is 9.59 Å². The fraction of sp³-hybridized carbons (Fsp3) is 0.464. The van der Waals surface area contributed by atoms with Crippen LogP contribution in [0.5, 0.6) is 0 Å². The third-order valence-corrected chi connectivity index (χ3v) is 9.28. The van der Waals surface area contributed by atoms with Crippen LogP contribution in [-0.2, 0) is 9.59 Å². The van der Waals surface area contributed by atoms with Crippen LogP contribution in [0.3, 0.4) is 0 Å². The van der Waals surface area contributed by atoms with E-state index in [-0.39, 0.29) is 6.04 Å². The fourth-order valence-corrected chi connectivity index (χ4v) is 7.26. The summed E-state index contributed by atoms with van der Waals surface area (Å²) in [5.74, 6) is 0.181. The first kappa shape index (κ1) is 24.9. The molecular weight excluding hydrogens is 498 g/mol. The molecule has 6 rings (SSSR count). The lowest BCUT2D eigenvalue weighted by molar-refractivity contribution is -0.146. The summed E-state index contributed by atoms with van der Waals surface area (Å²) in [7, 11) is 2.18. The highest BCUT2D eigenvalue weighted by Gasteiger charge is 2.35. The molecule has 9 nitrogen and oxygen atoms in total. The third-order valence-electron chi connectivity index (χ3n) is 8.11. The topological polar surface area (TPSA) is 107 Å². The number of benzene rings is 1. The zero-order valence-electron chi connectivity index (χ0n) is 22.0. The minimum Gasteiger partial charge on any atom is -0.327 e. The molecule has 4 aromatic rings. The van der Waals surface area contributed by atoms with Crippen LogP contribution in [0.4, 0.5) is 5.69 Å².